The van der Waals surface area contributed by atoms with E-state index >= 15 is 0 Å². The van der Waals surface area contributed by atoms with Crippen molar-refractivity contribution in [3.63, 3.8) is 0 Å². The van der Waals surface area contributed by atoms with Gasteiger partial charge in [0.2, 0.25) is 0 Å². The Labute approximate surface area is 185 Å². The van der Waals surface area contributed by atoms with E-state index < -0.39 is 15.8 Å². The molecule has 6 nitrogen and oxygen atoms in total. The van der Waals surface area contributed by atoms with E-state index in [1.54, 1.807) is 46.2 Å². The zero-order valence-corrected chi connectivity index (χ0v) is 17.9. The summed E-state index contributed by atoms with van der Waals surface area (Å²) >= 11 is 0. The van der Waals surface area contributed by atoms with Gasteiger partial charge in [0.05, 0.1) is 10.6 Å². The molecule has 0 bridgehead atoms. The Balaban J connectivity index is 1.51. The lowest BCUT2D eigenvalue weighted by Crippen LogP contribution is -2.49. The highest BCUT2D eigenvalue weighted by atomic mass is 32.2. The molecule has 0 aliphatic carbocycles. The van der Waals surface area contributed by atoms with Crippen molar-refractivity contribution < 1.29 is 22.0 Å². The standard InChI is InChI=1S/C23H21F2N3O3S/c24-18-7-5-17(6-8-18)16-27-13-2-14-28(23(27)29)21-4-1-3-20(15-21)26-32(30,31)22-11-9-19(25)10-12-22/h1,3-12,15,26H,2,13-14,16H2. The summed E-state index contributed by atoms with van der Waals surface area (Å²) in [5.74, 6) is -0.861. The molecule has 32 heavy (non-hydrogen) atoms. The topological polar surface area (TPSA) is 69.7 Å². The van der Waals surface area contributed by atoms with E-state index in [2.05, 4.69) is 4.72 Å². The number of hydrogen-bond donors (Lipinski definition) is 1. The first-order chi connectivity index (χ1) is 15.3. The Morgan fingerprint density at radius 2 is 1.53 bits per heavy atom. The first-order valence-corrected chi connectivity index (χ1v) is 11.5. The number of amides is 2. The molecule has 4 rings (SSSR count). The molecule has 9 heteroatoms. The molecule has 166 valence electrons. The zero-order valence-electron chi connectivity index (χ0n) is 17.0. The highest BCUT2D eigenvalue weighted by Gasteiger charge is 2.27. The van der Waals surface area contributed by atoms with E-state index in [0.717, 1.165) is 24.1 Å². The Morgan fingerprint density at radius 1 is 0.875 bits per heavy atom. The van der Waals surface area contributed by atoms with Gasteiger partial charge in [0.15, 0.2) is 0 Å². The van der Waals surface area contributed by atoms with Crippen LogP contribution in [0.15, 0.2) is 77.7 Å². The van der Waals surface area contributed by atoms with Gasteiger partial charge in [0.25, 0.3) is 10.0 Å². The summed E-state index contributed by atoms with van der Waals surface area (Å²) < 4.78 is 53.9. The summed E-state index contributed by atoms with van der Waals surface area (Å²) in [6.07, 6.45) is 0.735. The van der Waals surface area contributed by atoms with Crippen LogP contribution in [0.25, 0.3) is 0 Å². The van der Waals surface area contributed by atoms with Crippen molar-refractivity contribution in [2.75, 3.05) is 22.7 Å². The number of rotatable bonds is 6. The highest BCUT2D eigenvalue weighted by Crippen LogP contribution is 2.26. The van der Waals surface area contributed by atoms with Gasteiger partial charge in [-0.2, -0.15) is 0 Å². The average molecular weight is 458 g/mol. The molecule has 1 aliphatic heterocycles. The molecule has 0 unspecified atom stereocenters. The lowest BCUT2D eigenvalue weighted by Gasteiger charge is -2.36. The van der Waals surface area contributed by atoms with Crippen molar-refractivity contribution in [1.29, 1.82) is 0 Å². The second-order valence-corrected chi connectivity index (χ2v) is 9.13. The van der Waals surface area contributed by atoms with Crippen LogP contribution in [0.1, 0.15) is 12.0 Å². The summed E-state index contributed by atoms with van der Waals surface area (Å²) in [5, 5.41) is 0. The summed E-state index contributed by atoms with van der Waals surface area (Å²) in [6, 6.07) is 16.9. The fourth-order valence-corrected chi connectivity index (χ4v) is 4.59. The summed E-state index contributed by atoms with van der Waals surface area (Å²) in [6.45, 7) is 1.42. The third kappa shape index (κ3) is 4.88. The lowest BCUT2D eigenvalue weighted by atomic mass is 10.1. The van der Waals surface area contributed by atoms with Crippen LogP contribution in [0.2, 0.25) is 0 Å². The van der Waals surface area contributed by atoms with Gasteiger partial charge >= 0.3 is 6.03 Å². The third-order valence-corrected chi connectivity index (χ3v) is 6.53. The monoisotopic (exact) mass is 457 g/mol. The van der Waals surface area contributed by atoms with Crippen LogP contribution in [0.4, 0.5) is 25.0 Å². The molecule has 0 aromatic heterocycles. The van der Waals surface area contributed by atoms with Gasteiger partial charge in [0, 0.05) is 25.3 Å². The molecular formula is C23H21F2N3O3S. The average Bonchev–Trinajstić information content (AvgIpc) is 2.77. The van der Waals surface area contributed by atoms with E-state index in [0.29, 0.717) is 25.3 Å². The number of carbonyl (C=O) groups excluding carboxylic acids is 1. The molecule has 0 radical (unpaired) electrons. The Morgan fingerprint density at radius 3 is 2.22 bits per heavy atom. The van der Waals surface area contributed by atoms with E-state index in [4.69, 9.17) is 0 Å². The highest BCUT2D eigenvalue weighted by molar-refractivity contribution is 7.92. The molecule has 3 aromatic carbocycles. The van der Waals surface area contributed by atoms with Crippen LogP contribution in [0, 0.1) is 11.6 Å². The number of nitrogens with zero attached hydrogens (tertiary/aromatic N) is 2. The molecular weight excluding hydrogens is 436 g/mol. The molecule has 0 spiro atoms. The minimum atomic E-state index is -3.91. The Kier molecular flexibility index (Phi) is 6.09. The van der Waals surface area contributed by atoms with Crippen molar-refractivity contribution in [2.24, 2.45) is 0 Å². The van der Waals surface area contributed by atoms with Crippen LogP contribution in [0.3, 0.4) is 0 Å². The summed E-state index contributed by atoms with van der Waals surface area (Å²) in [4.78, 5) is 16.2. The minimum Gasteiger partial charge on any atom is -0.320 e. The number of halogens is 2. The van der Waals surface area contributed by atoms with Gasteiger partial charge in [-0.15, -0.1) is 0 Å². The van der Waals surface area contributed by atoms with Crippen molar-refractivity contribution in [3.05, 3.63) is 90.0 Å². The maximum Gasteiger partial charge on any atom is 0.324 e. The maximum atomic E-state index is 13.2. The fourth-order valence-electron chi connectivity index (χ4n) is 3.54. The summed E-state index contributed by atoms with van der Waals surface area (Å²) in [7, 11) is -3.91. The van der Waals surface area contributed by atoms with Crippen LogP contribution in [-0.4, -0.2) is 32.4 Å². The molecule has 1 N–H and O–H groups in total. The van der Waals surface area contributed by atoms with Gasteiger partial charge in [-0.25, -0.2) is 22.0 Å². The fraction of sp³-hybridized carbons (Fsp3) is 0.174. The molecule has 3 aromatic rings. The Hall–Kier alpha value is -3.46. The Bertz CT molecular complexity index is 1220. The minimum absolute atomic E-state index is 0.0659. The van der Waals surface area contributed by atoms with E-state index in [1.807, 2.05) is 0 Å². The number of anilines is 2. The number of carbonyl (C=O) groups is 1. The van der Waals surface area contributed by atoms with Gasteiger partial charge in [-0.05, 0) is 66.6 Å². The maximum absolute atomic E-state index is 13.2. The van der Waals surface area contributed by atoms with Crippen LogP contribution in [0.5, 0.6) is 0 Å². The second-order valence-electron chi connectivity index (χ2n) is 7.45. The molecule has 1 fully saturated rings. The normalized spacial score (nSPS) is 14.5. The third-order valence-electron chi connectivity index (χ3n) is 5.13. The predicted molar refractivity (Wildman–Crippen MR) is 118 cm³/mol. The molecule has 1 aliphatic rings. The number of hydrogen-bond acceptors (Lipinski definition) is 3. The number of nitrogens with one attached hydrogen (secondary N) is 1. The van der Waals surface area contributed by atoms with E-state index in [9.17, 15) is 22.0 Å². The van der Waals surface area contributed by atoms with Gasteiger partial charge < -0.3 is 4.90 Å². The van der Waals surface area contributed by atoms with Gasteiger partial charge in [0.1, 0.15) is 11.6 Å². The van der Waals surface area contributed by atoms with Gasteiger partial charge in [-0.3, -0.25) is 9.62 Å². The smallest absolute Gasteiger partial charge is 0.320 e. The number of sulfonamides is 1. The SMILES string of the molecule is O=C1N(Cc2ccc(F)cc2)CCCN1c1cccc(NS(=O)(=O)c2ccc(F)cc2)c1. The van der Waals surface area contributed by atoms with Crippen molar-refractivity contribution in [3.8, 4) is 0 Å². The lowest BCUT2D eigenvalue weighted by molar-refractivity contribution is 0.192. The molecule has 1 saturated heterocycles. The van der Waals surface area contributed by atoms with Crippen LogP contribution in [-0.2, 0) is 16.6 Å². The van der Waals surface area contributed by atoms with Crippen LogP contribution >= 0.6 is 0 Å². The zero-order chi connectivity index (χ0) is 22.7. The van der Waals surface area contributed by atoms with Gasteiger partial charge in [-0.1, -0.05) is 18.2 Å². The van der Waals surface area contributed by atoms with Crippen LogP contribution < -0.4 is 9.62 Å². The second kappa shape index (κ2) is 8.96. The molecule has 1 heterocycles. The molecule has 0 saturated carbocycles. The van der Waals surface area contributed by atoms with E-state index in [-0.39, 0.29) is 22.4 Å². The first kappa shape index (κ1) is 21.8. The van der Waals surface area contributed by atoms with Crippen molar-refractivity contribution >= 4 is 27.4 Å². The molecule has 2 amide bonds. The quantitative estimate of drug-likeness (QED) is 0.588. The largest absolute Gasteiger partial charge is 0.324 e. The van der Waals surface area contributed by atoms with Crippen molar-refractivity contribution in [2.45, 2.75) is 17.9 Å². The number of benzene rings is 3. The predicted octanol–water partition coefficient (Wildman–Crippen LogP) is 4.60. The number of urea groups is 1. The molecule has 0 atom stereocenters. The van der Waals surface area contributed by atoms with Crippen molar-refractivity contribution in [1.82, 2.24) is 4.90 Å². The van der Waals surface area contributed by atoms with E-state index in [1.165, 1.54) is 24.3 Å². The first-order valence-electron chi connectivity index (χ1n) is 10.0. The summed E-state index contributed by atoms with van der Waals surface area (Å²) in [5.41, 5.74) is 1.66.